The Balaban J connectivity index is 3.19. The average molecular weight is 198 g/mol. The summed E-state index contributed by atoms with van der Waals surface area (Å²) in [5.74, 6) is 0. The minimum atomic E-state index is -0.787. The summed E-state index contributed by atoms with van der Waals surface area (Å²) in [5.41, 5.74) is -0.962. The predicted octanol–water partition coefficient (Wildman–Crippen LogP) is 0.726. The third kappa shape index (κ3) is 1.97. The monoisotopic (exact) mass is 198 g/mol. The molecule has 0 aromatic carbocycles. The Morgan fingerprint density at radius 2 is 2.36 bits per heavy atom. The third-order valence-electron chi connectivity index (χ3n) is 1.87. The van der Waals surface area contributed by atoms with Crippen molar-refractivity contribution in [3.63, 3.8) is 0 Å². The van der Waals surface area contributed by atoms with Crippen molar-refractivity contribution in [1.82, 2.24) is 4.98 Å². The van der Waals surface area contributed by atoms with Gasteiger partial charge >= 0.3 is 11.2 Å². The Kier molecular flexibility index (Phi) is 2.98. The Labute approximate surface area is 79.4 Å². The van der Waals surface area contributed by atoms with Gasteiger partial charge in [-0.15, -0.1) is 0 Å². The van der Waals surface area contributed by atoms with Gasteiger partial charge in [0, 0.05) is 17.8 Å². The molecule has 0 saturated heterocycles. The van der Waals surface area contributed by atoms with Gasteiger partial charge < -0.3 is 10.1 Å². The first kappa shape index (κ1) is 10.4. The Hall–Kier alpha value is -1.69. The zero-order valence-corrected chi connectivity index (χ0v) is 7.56. The van der Waals surface area contributed by atoms with Crippen LogP contribution in [0.15, 0.2) is 17.1 Å². The van der Waals surface area contributed by atoms with Crippen LogP contribution in [0, 0.1) is 10.1 Å². The zero-order chi connectivity index (χ0) is 10.7. The number of nitrogens with zero attached hydrogens (tertiary/aromatic N) is 1. The van der Waals surface area contributed by atoms with E-state index in [4.69, 9.17) is 0 Å². The van der Waals surface area contributed by atoms with E-state index in [-0.39, 0.29) is 0 Å². The first-order chi connectivity index (χ1) is 6.56. The molecule has 14 heavy (non-hydrogen) atoms. The minimum Gasteiger partial charge on any atom is -0.388 e. The van der Waals surface area contributed by atoms with Gasteiger partial charge in [0.05, 0.1) is 11.0 Å². The van der Waals surface area contributed by atoms with E-state index < -0.39 is 22.3 Å². The number of hydrogen-bond acceptors (Lipinski definition) is 4. The summed E-state index contributed by atoms with van der Waals surface area (Å²) in [6.45, 7) is 1.74. The molecule has 0 spiro atoms. The van der Waals surface area contributed by atoms with Crippen molar-refractivity contribution >= 4 is 5.69 Å². The summed E-state index contributed by atoms with van der Waals surface area (Å²) in [5, 5.41) is 19.8. The second-order valence-electron chi connectivity index (χ2n) is 2.83. The van der Waals surface area contributed by atoms with E-state index in [1.807, 2.05) is 0 Å². The van der Waals surface area contributed by atoms with Crippen LogP contribution in [0.1, 0.15) is 25.0 Å². The van der Waals surface area contributed by atoms with Crippen LogP contribution in [0.5, 0.6) is 0 Å². The maximum atomic E-state index is 10.9. The van der Waals surface area contributed by atoms with Gasteiger partial charge in [0.1, 0.15) is 0 Å². The van der Waals surface area contributed by atoms with Crippen molar-refractivity contribution in [2.45, 2.75) is 19.4 Å². The van der Waals surface area contributed by atoms with Crippen LogP contribution < -0.4 is 5.56 Å². The number of H-pyrrole nitrogens is 1. The number of nitrogens with one attached hydrogen (secondary N) is 1. The summed E-state index contributed by atoms with van der Waals surface area (Å²) < 4.78 is 0. The molecular formula is C8H10N2O4. The molecule has 6 heteroatoms. The molecule has 1 heterocycles. The lowest BCUT2D eigenvalue weighted by Gasteiger charge is -2.06. The molecule has 0 aliphatic rings. The van der Waals surface area contributed by atoms with Crippen LogP contribution in [0.4, 0.5) is 5.69 Å². The second-order valence-corrected chi connectivity index (χ2v) is 2.83. The molecule has 76 valence electrons. The van der Waals surface area contributed by atoms with Crippen LogP contribution in [0.25, 0.3) is 0 Å². The Morgan fingerprint density at radius 3 is 2.86 bits per heavy atom. The van der Waals surface area contributed by atoms with Crippen molar-refractivity contribution in [3.05, 3.63) is 38.3 Å². The fraction of sp³-hybridized carbons (Fsp3) is 0.375. The Morgan fingerprint density at radius 1 is 1.71 bits per heavy atom. The van der Waals surface area contributed by atoms with Crippen LogP contribution in [0.3, 0.4) is 0 Å². The first-order valence-electron chi connectivity index (χ1n) is 4.11. The van der Waals surface area contributed by atoms with E-state index in [0.717, 1.165) is 6.07 Å². The molecule has 1 aromatic rings. The highest BCUT2D eigenvalue weighted by molar-refractivity contribution is 5.31. The number of aromatic amines is 1. The normalized spacial score (nSPS) is 12.4. The van der Waals surface area contributed by atoms with Crippen LogP contribution in [-0.2, 0) is 0 Å². The van der Waals surface area contributed by atoms with Crippen molar-refractivity contribution in [3.8, 4) is 0 Å². The summed E-state index contributed by atoms with van der Waals surface area (Å²) in [4.78, 5) is 22.8. The number of rotatable bonds is 3. The minimum absolute atomic E-state index is 0.346. The molecule has 1 unspecified atom stereocenters. The third-order valence-corrected chi connectivity index (χ3v) is 1.87. The van der Waals surface area contributed by atoms with Gasteiger partial charge in [-0.1, -0.05) is 6.92 Å². The highest BCUT2D eigenvalue weighted by atomic mass is 16.6. The summed E-state index contributed by atoms with van der Waals surface area (Å²) >= 11 is 0. The number of hydrogen-bond donors (Lipinski definition) is 2. The topological polar surface area (TPSA) is 96.2 Å². The van der Waals surface area contributed by atoms with Crippen LogP contribution in [-0.4, -0.2) is 15.0 Å². The molecule has 6 nitrogen and oxygen atoms in total. The van der Waals surface area contributed by atoms with E-state index in [0.29, 0.717) is 12.0 Å². The molecule has 1 aromatic heterocycles. The van der Waals surface area contributed by atoms with Gasteiger partial charge in [-0.3, -0.25) is 14.9 Å². The van der Waals surface area contributed by atoms with E-state index in [1.54, 1.807) is 6.92 Å². The van der Waals surface area contributed by atoms with Crippen LogP contribution >= 0.6 is 0 Å². The van der Waals surface area contributed by atoms with Gasteiger partial charge in [-0.2, -0.15) is 0 Å². The number of aliphatic hydroxyl groups is 1. The largest absolute Gasteiger partial charge is 0.388 e. The second kappa shape index (κ2) is 4.01. The molecule has 1 rings (SSSR count). The van der Waals surface area contributed by atoms with E-state index in [2.05, 4.69) is 4.98 Å². The predicted molar refractivity (Wildman–Crippen MR) is 49.0 cm³/mol. The van der Waals surface area contributed by atoms with E-state index in [1.165, 1.54) is 6.20 Å². The molecule has 0 amide bonds. The standard InChI is InChI=1S/C8H10N2O4/c1-2-7(11)5-3-6(10(13)14)8(12)9-4-5/h3-4,7,11H,2H2,1H3,(H,9,12). The van der Waals surface area contributed by atoms with Gasteiger partial charge in [0.2, 0.25) is 0 Å². The van der Waals surface area contributed by atoms with E-state index >= 15 is 0 Å². The van der Waals surface area contributed by atoms with E-state index in [9.17, 15) is 20.0 Å². The lowest BCUT2D eigenvalue weighted by molar-refractivity contribution is -0.386. The number of nitro groups is 1. The molecule has 0 bridgehead atoms. The molecule has 2 N–H and O–H groups in total. The molecule has 0 aliphatic heterocycles. The number of pyridine rings is 1. The molecule has 0 aliphatic carbocycles. The maximum Gasteiger partial charge on any atom is 0.334 e. The SMILES string of the molecule is CCC(O)c1c[nH]c(=O)c([N+](=O)[O-])c1. The van der Waals surface area contributed by atoms with Crippen molar-refractivity contribution in [1.29, 1.82) is 0 Å². The van der Waals surface area contributed by atoms with Gasteiger partial charge in [0.15, 0.2) is 0 Å². The number of aromatic nitrogens is 1. The maximum absolute atomic E-state index is 10.9. The summed E-state index contributed by atoms with van der Waals surface area (Å²) in [6.07, 6.45) is 0.928. The van der Waals surface area contributed by atoms with Gasteiger partial charge in [-0.25, -0.2) is 0 Å². The van der Waals surface area contributed by atoms with Gasteiger partial charge in [0.25, 0.3) is 0 Å². The van der Waals surface area contributed by atoms with Gasteiger partial charge in [-0.05, 0) is 6.42 Å². The quantitative estimate of drug-likeness (QED) is 0.552. The zero-order valence-electron chi connectivity index (χ0n) is 7.56. The summed E-state index contributed by atoms with van der Waals surface area (Å²) in [7, 11) is 0. The van der Waals surface area contributed by atoms with Crippen molar-refractivity contribution in [2.75, 3.05) is 0 Å². The molecule has 0 radical (unpaired) electrons. The average Bonchev–Trinajstić information content (AvgIpc) is 2.17. The lowest BCUT2D eigenvalue weighted by atomic mass is 10.1. The highest BCUT2D eigenvalue weighted by Gasteiger charge is 2.15. The highest BCUT2D eigenvalue weighted by Crippen LogP contribution is 2.17. The van der Waals surface area contributed by atoms with Crippen LogP contribution in [0.2, 0.25) is 0 Å². The summed E-state index contributed by atoms with van der Waals surface area (Å²) in [6, 6.07) is 1.09. The smallest absolute Gasteiger partial charge is 0.334 e. The molecule has 1 atom stereocenters. The van der Waals surface area contributed by atoms with Crippen molar-refractivity contribution in [2.24, 2.45) is 0 Å². The lowest BCUT2D eigenvalue weighted by Crippen LogP contribution is -2.12. The fourth-order valence-corrected chi connectivity index (χ4v) is 1.05. The fourth-order valence-electron chi connectivity index (χ4n) is 1.05. The molecule has 0 fully saturated rings. The number of aliphatic hydroxyl groups excluding tert-OH is 1. The Bertz CT molecular complexity index is 399. The molecule has 0 saturated carbocycles. The molecular weight excluding hydrogens is 188 g/mol. The first-order valence-corrected chi connectivity index (χ1v) is 4.11. The van der Waals surface area contributed by atoms with Crippen molar-refractivity contribution < 1.29 is 10.0 Å².